The number of anilines is 1. The molecule has 0 aromatic carbocycles. The van der Waals surface area contributed by atoms with Gasteiger partial charge in [-0.3, -0.25) is 14.6 Å². The molecule has 2 rings (SSSR count). The van der Waals surface area contributed by atoms with E-state index in [9.17, 15) is 4.79 Å². The van der Waals surface area contributed by atoms with Gasteiger partial charge in [0.25, 0.3) is 5.91 Å². The zero-order valence-corrected chi connectivity index (χ0v) is 11.2. The fourth-order valence-electron chi connectivity index (χ4n) is 1.89. The molecule has 102 valence electrons. The van der Waals surface area contributed by atoms with Gasteiger partial charge in [-0.2, -0.15) is 10.2 Å². The van der Waals surface area contributed by atoms with Crippen LogP contribution in [0.4, 0.5) is 5.69 Å². The number of nitrogens with zero attached hydrogens (tertiary/aromatic N) is 5. The first-order valence-electron chi connectivity index (χ1n) is 5.95. The highest BCUT2D eigenvalue weighted by molar-refractivity contribution is 5.97. The average Bonchev–Trinajstić information content (AvgIpc) is 2.97. The molecule has 19 heavy (non-hydrogen) atoms. The monoisotopic (exact) mass is 263 g/mol. The molecule has 1 amide bonds. The summed E-state index contributed by atoms with van der Waals surface area (Å²) in [7, 11) is 3.40. The minimum absolute atomic E-state index is 0.191. The number of aromatic amines is 1. The molecule has 0 radical (unpaired) electrons. The molecule has 8 heteroatoms. The van der Waals surface area contributed by atoms with E-state index >= 15 is 0 Å². The SMILES string of the molecule is CCc1nn(C)c(C(=O)N(C)Cc2ncn[nH]2)c1N. The van der Waals surface area contributed by atoms with E-state index in [0.29, 0.717) is 30.2 Å². The van der Waals surface area contributed by atoms with Crippen molar-refractivity contribution in [1.29, 1.82) is 0 Å². The molecule has 2 aromatic rings. The maximum absolute atomic E-state index is 12.4. The summed E-state index contributed by atoms with van der Waals surface area (Å²) in [4.78, 5) is 17.9. The highest BCUT2D eigenvalue weighted by Gasteiger charge is 2.22. The van der Waals surface area contributed by atoms with Crippen molar-refractivity contribution in [2.75, 3.05) is 12.8 Å². The van der Waals surface area contributed by atoms with Gasteiger partial charge in [-0.15, -0.1) is 0 Å². The molecule has 0 bridgehead atoms. The van der Waals surface area contributed by atoms with Crippen molar-refractivity contribution in [2.24, 2.45) is 7.05 Å². The van der Waals surface area contributed by atoms with Gasteiger partial charge < -0.3 is 10.6 Å². The van der Waals surface area contributed by atoms with Crippen LogP contribution < -0.4 is 5.73 Å². The third-order valence-corrected chi connectivity index (χ3v) is 2.90. The molecule has 2 heterocycles. The second-order valence-corrected chi connectivity index (χ2v) is 4.28. The van der Waals surface area contributed by atoms with E-state index < -0.39 is 0 Å². The number of nitrogens with two attached hydrogens (primary N) is 1. The Morgan fingerprint density at radius 3 is 2.84 bits per heavy atom. The number of nitrogen functional groups attached to an aromatic ring is 1. The Kier molecular flexibility index (Phi) is 3.50. The normalized spacial score (nSPS) is 10.7. The van der Waals surface area contributed by atoms with Gasteiger partial charge in [-0.1, -0.05) is 6.92 Å². The fraction of sp³-hybridized carbons (Fsp3) is 0.455. The lowest BCUT2D eigenvalue weighted by molar-refractivity contribution is 0.0772. The molecular formula is C11H17N7O. The van der Waals surface area contributed by atoms with Gasteiger partial charge in [0.05, 0.1) is 17.9 Å². The largest absolute Gasteiger partial charge is 0.395 e. The van der Waals surface area contributed by atoms with Crippen molar-refractivity contribution < 1.29 is 4.79 Å². The Balaban J connectivity index is 2.21. The number of hydrogen-bond acceptors (Lipinski definition) is 5. The van der Waals surface area contributed by atoms with Gasteiger partial charge in [-0.05, 0) is 6.42 Å². The van der Waals surface area contributed by atoms with Gasteiger partial charge in [0.2, 0.25) is 0 Å². The molecule has 0 aliphatic heterocycles. The zero-order chi connectivity index (χ0) is 14.0. The van der Waals surface area contributed by atoms with E-state index in [0.717, 1.165) is 5.69 Å². The van der Waals surface area contributed by atoms with E-state index in [1.807, 2.05) is 6.92 Å². The van der Waals surface area contributed by atoms with Crippen LogP contribution in [0.5, 0.6) is 0 Å². The van der Waals surface area contributed by atoms with Crippen molar-refractivity contribution >= 4 is 11.6 Å². The molecule has 0 aliphatic carbocycles. The van der Waals surface area contributed by atoms with Crippen molar-refractivity contribution in [2.45, 2.75) is 19.9 Å². The van der Waals surface area contributed by atoms with Gasteiger partial charge in [0, 0.05) is 14.1 Å². The van der Waals surface area contributed by atoms with Crippen LogP contribution >= 0.6 is 0 Å². The highest BCUT2D eigenvalue weighted by Crippen LogP contribution is 2.18. The molecule has 0 saturated heterocycles. The number of aryl methyl sites for hydroxylation is 2. The molecule has 2 aromatic heterocycles. The number of amides is 1. The van der Waals surface area contributed by atoms with Crippen molar-refractivity contribution in [3.8, 4) is 0 Å². The van der Waals surface area contributed by atoms with Crippen LogP contribution in [0.3, 0.4) is 0 Å². The van der Waals surface area contributed by atoms with Crippen molar-refractivity contribution in [3.63, 3.8) is 0 Å². The lowest BCUT2D eigenvalue weighted by atomic mass is 10.2. The zero-order valence-electron chi connectivity index (χ0n) is 11.2. The highest BCUT2D eigenvalue weighted by atomic mass is 16.2. The predicted molar refractivity (Wildman–Crippen MR) is 69.2 cm³/mol. The predicted octanol–water partition coefficient (Wildman–Crippen LogP) is -0.0450. The molecule has 0 spiro atoms. The fourth-order valence-corrected chi connectivity index (χ4v) is 1.89. The number of H-pyrrole nitrogens is 1. The van der Waals surface area contributed by atoms with E-state index in [1.165, 1.54) is 15.9 Å². The summed E-state index contributed by atoms with van der Waals surface area (Å²) < 4.78 is 1.52. The third kappa shape index (κ3) is 2.42. The van der Waals surface area contributed by atoms with Gasteiger partial charge in [0.1, 0.15) is 17.8 Å². The topological polar surface area (TPSA) is 106 Å². The van der Waals surface area contributed by atoms with Gasteiger partial charge >= 0.3 is 0 Å². The van der Waals surface area contributed by atoms with Crippen LogP contribution in [-0.2, 0) is 20.0 Å². The second-order valence-electron chi connectivity index (χ2n) is 4.28. The van der Waals surface area contributed by atoms with E-state index in [2.05, 4.69) is 20.3 Å². The Morgan fingerprint density at radius 1 is 1.58 bits per heavy atom. The van der Waals surface area contributed by atoms with Gasteiger partial charge in [0.15, 0.2) is 0 Å². The first-order valence-corrected chi connectivity index (χ1v) is 5.95. The summed E-state index contributed by atoms with van der Waals surface area (Å²) in [6.45, 7) is 2.29. The van der Waals surface area contributed by atoms with E-state index in [1.54, 1.807) is 14.1 Å². The standard InChI is InChI=1S/C11H17N7O/c1-4-7-9(12)10(18(3)16-7)11(19)17(2)5-8-13-6-14-15-8/h6H,4-5,12H2,1-3H3,(H,13,14,15). The Morgan fingerprint density at radius 2 is 2.32 bits per heavy atom. The minimum atomic E-state index is -0.191. The number of hydrogen-bond donors (Lipinski definition) is 2. The van der Waals surface area contributed by atoms with Crippen LogP contribution in [0.25, 0.3) is 0 Å². The summed E-state index contributed by atoms with van der Waals surface area (Å²) >= 11 is 0. The summed E-state index contributed by atoms with van der Waals surface area (Å²) in [5.74, 6) is 0.427. The number of nitrogens with one attached hydrogen (secondary N) is 1. The van der Waals surface area contributed by atoms with Crippen LogP contribution in [0.2, 0.25) is 0 Å². The number of carbonyl (C=O) groups excluding carboxylic acids is 1. The molecule has 0 saturated carbocycles. The maximum Gasteiger partial charge on any atom is 0.274 e. The lowest BCUT2D eigenvalue weighted by Crippen LogP contribution is -2.29. The summed E-state index contributed by atoms with van der Waals surface area (Å²) in [5, 5.41) is 10.7. The number of rotatable bonds is 4. The third-order valence-electron chi connectivity index (χ3n) is 2.90. The molecule has 0 atom stereocenters. The van der Waals surface area contributed by atoms with Gasteiger partial charge in [-0.25, -0.2) is 4.98 Å². The summed E-state index contributed by atoms with van der Waals surface area (Å²) in [6.07, 6.45) is 2.10. The number of aromatic nitrogens is 5. The van der Waals surface area contributed by atoms with Crippen LogP contribution in [0, 0.1) is 0 Å². The van der Waals surface area contributed by atoms with E-state index in [-0.39, 0.29) is 5.91 Å². The van der Waals surface area contributed by atoms with Crippen LogP contribution in [-0.4, -0.2) is 42.8 Å². The quantitative estimate of drug-likeness (QED) is 0.804. The van der Waals surface area contributed by atoms with E-state index in [4.69, 9.17) is 5.73 Å². The Hall–Kier alpha value is -2.38. The van der Waals surface area contributed by atoms with Crippen molar-refractivity contribution in [1.82, 2.24) is 29.9 Å². The molecule has 3 N–H and O–H groups in total. The van der Waals surface area contributed by atoms with Crippen molar-refractivity contribution in [3.05, 3.63) is 23.5 Å². The first kappa shape index (κ1) is 13.1. The maximum atomic E-state index is 12.4. The summed E-state index contributed by atoms with van der Waals surface area (Å²) in [5.41, 5.74) is 7.54. The smallest absolute Gasteiger partial charge is 0.274 e. The average molecular weight is 263 g/mol. The molecule has 0 fully saturated rings. The first-order chi connectivity index (χ1) is 9.04. The molecule has 0 unspecified atom stereocenters. The number of carbonyl (C=O) groups is 1. The van der Waals surface area contributed by atoms with Crippen LogP contribution in [0.1, 0.15) is 28.9 Å². The molecule has 0 aliphatic rings. The lowest BCUT2D eigenvalue weighted by Gasteiger charge is -2.15. The minimum Gasteiger partial charge on any atom is -0.395 e. The summed E-state index contributed by atoms with van der Waals surface area (Å²) in [6, 6.07) is 0. The van der Waals surface area contributed by atoms with Crippen LogP contribution in [0.15, 0.2) is 6.33 Å². The molecular weight excluding hydrogens is 246 g/mol. The molecule has 8 nitrogen and oxygen atoms in total. The Labute approximate surface area is 110 Å². The second kappa shape index (κ2) is 5.09. The Bertz CT molecular complexity index is 572.